The van der Waals surface area contributed by atoms with Gasteiger partial charge in [-0.1, -0.05) is 20.8 Å². The van der Waals surface area contributed by atoms with Gasteiger partial charge in [-0.3, -0.25) is 4.79 Å². The number of aliphatic hydroxyl groups excluding tert-OH is 1. The number of carbonyl (C=O) groups excluding carboxylic acids is 2. The second-order valence-corrected chi connectivity index (χ2v) is 6.33. The predicted octanol–water partition coefficient (Wildman–Crippen LogP) is 1.19. The average Bonchev–Trinajstić information content (AvgIpc) is 2.34. The summed E-state index contributed by atoms with van der Waals surface area (Å²) in [7, 11) is 1.32. The third-order valence-corrected chi connectivity index (χ3v) is 3.80. The lowest BCUT2D eigenvalue weighted by Gasteiger charge is -2.18. The van der Waals surface area contributed by atoms with Crippen molar-refractivity contribution in [2.45, 2.75) is 44.9 Å². The fraction of sp³-hybridized carbons (Fsp3) is 0.846. The minimum atomic E-state index is -0.578. The Hall–Kier alpha value is -0.750. The summed E-state index contributed by atoms with van der Waals surface area (Å²) in [5.74, 6) is -0.00102. The number of hydrogen-bond donors (Lipinski definition) is 2. The summed E-state index contributed by atoms with van der Waals surface area (Å²) in [6.45, 7) is 6.05. The number of esters is 1. The number of amides is 1. The number of aliphatic hydroxyl groups is 1. The van der Waals surface area contributed by atoms with Crippen LogP contribution in [0, 0.1) is 5.92 Å². The lowest BCUT2D eigenvalue weighted by Crippen LogP contribution is -2.43. The van der Waals surface area contributed by atoms with Gasteiger partial charge in [-0.25, -0.2) is 4.79 Å². The van der Waals surface area contributed by atoms with Gasteiger partial charge in [0.15, 0.2) is 0 Å². The van der Waals surface area contributed by atoms with E-state index in [0.29, 0.717) is 18.8 Å². The van der Waals surface area contributed by atoms with E-state index in [2.05, 4.69) is 10.1 Å². The summed E-state index contributed by atoms with van der Waals surface area (Å²) < 4.78 is 4.68. The average molecular weight is 291 g/mol. The molecule has 2 unspecified atom stereocenters. The van der Waals surface area contributed by atoms with Crippen molar-refractivity contribution in [3.63, 3.8) is 0 Å². The molecule has 0 spiro atoms. The predicted molar refractivity (Wildman–Crippen MR) is 77.0 cm³/mol. The van der Waals surface area contributed by atoms with Crippen LogP contribution in [0.1, 0.15) is 33.6 Å². The van der Waals surface area contributed by atoms with Gasteiger partial charge in [0.25, 0.3) is 0 Å². The summed E-state index contributed by atoms with van der Waals surface area (Å²) >= 11 is 1.47. The largest absolute Gasteiger partial charge is 0.467 e. The molecule has 0 aromatic carbocycles. The van der Waals surface area contributed by atoms with Crippen LogP contribution in [0.2, 0.25) is 0 Å². The number of ether oxygens (including phenoxy) is 1. The molecule has 0 aliphatic heterocycles. The Morgan fingerprint density at radius 2 is 1.95 bits per heavy atom. The molecule has 6 heteroatoms. The molecule has 0 aliphatic rings. The van der Waals surface area contributed by atoms with Crippen LogP contribution in [-0.2, 0) is 14.3 Å². The van der Waals surface area contributed by atoms with Crippen molar-refractivity contribution in [1.82, 2.24) is 5.32 Å². The molecular formula is C13H25NO4S. The van der Waals surface area contributed by atoms with Crippen molar-refractivity contribution in [1.29, 1.82) is 0 Å². The van der Waals surface area contributed by atoms with E-state index < -0.39 is 12.0 Å². The molecule has 0 aromatic heterocycles. The molecule has 0 radical (unpaired) electrons. The zero-order valence-electron chi connectivity index (χ0n) is 12.1. The molecule has 2 N–H and O–H groups in total. The highest BCUT2D eigenvalue weighted by Gasteiger charge is 2.22. The molecule has 0 saturated heterocycles. The van der Waals surface area contributed by atoms with Crippen molar-refractivity contribution in [2.75, 3.05) is 19.5 Å². The molecule has 5 nitrogen and oxygen atoms in total. The first-order chi connectivity index (χ1) is 8.90. The van der Waals surface area contributed by atoms with E-state index in [1.54, 1.807) is 0 Å². The maximum Gasteiger partial charge on any atom is 0.328 e. The second kappa shape index (κ2) is 10.1. The number of thioether (sulfide) groups is 1. The Morgan fingerprint density at radius 1 is 1.32 bits per heavy atom. The third-order valence-electron chi connectivity index (χ3n) is 2.56. The van der Waals surface area contributed by atoms with E-state index in [1.807, 2.05) is 20.8 Å². The monoisotopic (exact) mass is 291 g/mol. The van der Waals surface area contributed by atoms with Gasteiger partial charge >= 0.3 is 5.97 Å². The highest BCUT2D eigenvalue weighted by Crippen LogP contribution is 2.13. The first-order valence-corrected chi connectivity index (χ1v) is 7.55. The zero-order valence-corrected chi connectivity index (χ0v) is 13.0. The van der Waals surface area contributed by atoms with E-state index in [9.17, 15) is 9.59 Å². The smallest absolute Gasteiger partial charge is 0.328 e. The first-order valence-electron chi connectivity index (χ1n) is 6.50. The Balaban J connectivity index is 4.19. The van der Waals surface area contributed by atoms with Crippen molar-refractivity contribution >= 4 is 23.6 Å². The normalized spacial score (nSPS) is 14.0. The van der Waals surface area contributed by atoms with E-state index in [-0.39, 0.29) is 23.5 Å². The molecule has 112 valence electrons. The number of nitrogens with one attached hydrogen (secondary N) is 1. The Bertz CT molecular complexity index is 284. The molecule has 0 bridgehead atoms. The Morgan fingerprint density at radius 3 is 2.42 bits per heavy atom. The fourth-order valence-corrected chi connectivity index (χ4v) is 2.34. The standard InChI is InChI=1S/C13H25NO4S/c1-9(2)7-11(13(17)18-4)14-12(16)8-19-10(3)5-6-15/h9-11,15H,5-8H2,1-4H3,(H,14,16). The van der Waals surface area contributed by atoms with Crippen LogP contribution >= 0.6 is 11.8 Å². The van der Waals surface area contributed by atoms with Gasteiger partial charge in [-0.2, -0.15) is 0 Å². The minimum Gasteiger partial charge on any atom is -0.467 e. The maximum atomic E-state index is 11.8. The van der Waals surface area contributed by atoms with Crippen LogP contribution in [0.25, 0.3) is 0 Å². The lowest BCUT2D eigenvalue weighted by atomic mass is 10.0. The molecule has 2 atom stereocenters. The molecule has 0 aliphatic carbocycles. The summed E-state index contributed by atoms with van der Waals surface area (Å²) in [6, 6.07) is -0.578. The molecule has 0 heterocycles. The summed E-state index contributed by atoms with van der Waals surface area (Å²) in [5.41, 5.74) is 0. The summed E-state index contributed by atoms with van der Waals surface area (Å²) in [4.78, 5) is 23.3. The van der Waals surface area contributed by atoms with Crippen LogP contribution < -0.4 is 5.32 Å². The molecule has 0 aromatic rings. The second-order valence-electron chi connectivity index (χ2n) is 4.91. The van der Waals surface area contributed by atoms with Gasteiger partial charge in [-0.05, 0) is 18.8 Å². The van der Waals surface area contributed by atoms with Crippen LogP contribution in [0.3, 0.4) is 0 Å². The highest BCUT2D eigenvalue weighted by atomic mass is 32.2. The van der Waals surface area contributed by atoms with E-state index in [1.165, 1.54) is 18.9 Å². The maximum absolute atomic E-state index is 11.8. The van der Waals surface area contributed by atoms with Gasteiger partial charge < -0.3 is 15.2 Å². The van der Waals surface area contributed by atoms with Crippen molar-refractivity contribution in [3.8, 4) is 0 Å². The summed E-state index contributed by atoms with van der Waals surface area (Å²) in [6.07, 6.45) is 1.22. The summed E-state index contributed by atoms with van der Waals surface area (Å²) in [5, 5.41) is 11.7. The Labute approximate surface area is 119 Å². The van der Waals surface area contributed by atoms with Gasteiger partial charge in [0.05, 0.1) is 12.9 Å². The molecule has 19 heavy (non-hydrogen) atoms. The van der Waals surface area contributed by atoms with Gasteiger partial charge in [0.2, 0.25) is 5.91 Å². The zero-order chi connectivity index (χ0) is 14.8. The van der Waals surface area contributed by atoms with Crippen LogP contribution in [-0.4, -0.2) is 47.7 Å². The van der Waals surface area contributed by atoms with Crippen molar-refractivity contribution < 1.29 is 19.4 Å². The highest BCUT2D eigenvalue weighted by molar-refractivity contribution is 8.00. The Kier molecular flexibility index (Phi) is 9.69. The van der Waals surface area contributed by atoms with Crippen LogP contribution in [0.15, 0.2) is 0 Å². The van der Waals surface area contributed by atoms with E-state index in [0.717, 1.165) is 0 Å². The first kappa shape index (κ1) is 18.2. The number of carbonyl (C=O) groups is 2. The van der Waals surface area contributed by atoms with Crippen molar-refractivity contribution in [2.24, 2.45) is 5.92 Å². The molecule has 0 rings (SSSR count). The molecular weight excluding hydrogens is 266 g/mol. The van der Waals surface area contributed by atoms with Gasteiger partial charge in [0.1, 0.15) is 6.04 Å². The number of methoxy groups -OCH3 is 1. The van der Waals surface area contributed by atoms with E-state index in [4.69, 9.17) is 5.11 Å². The minimum absolute atomic E-state index is 0.119. The van der Waals surface area contributed by atoms with Gasteiger partial charge in [-0.15, -0.1) is 11.8 Å². The number of hydrogen-bond acceptors (Lipinski definition) is 5. The molecule has 0 fully saturated rings. The topological polar surface area (TPSA) is 75.6 Å². The third kappa shape index (κ3) is 8.88. The quantitative estimate of drug-likeness (QED) is 0.624. The van der Waals surface area contributed by atoms with Gasteiger partial charge in [0, 0.05) is 11.9 Å². The van der Waals surface area contributed by atoms with Crippen molar-refractivity contribution in [3.05, 3.63) is 0 Å². The molecule has 0 saturated carbocycles. The SMILES string of the molecule is COC(=O)C(CC(C)C)NC(=O)CSC(C)CCO. The molecule has 1 amide bonds. The van der Waals surface area contributed by atoms with Crippen LogP contribution in [0.4, 0.5) is 0 Å². The van der Waals surface area contributed by atoms with E-state index >= 15 is 0 Å². The lowest BCUT2D eigenvalue weighted by molar-refractivity contribution is -0.145. The number of rotatable bonds is 9. The van der Waals surface area contributed by atoms with Crippen LogP contribution in [0.5, 0.6) is 0 Å². The fourth-order valence-electron chi connectivity index (χ4n) is 1.55.